The third-order valence-corrected chi connectivity index (χ3v) is 7.58. The molecule has 0 unspecified atom stereocenters. The highest BCUT2D eigenvalue weighted by molar-refractivity contribution is 5.68. The highest BCUT2D eigenvalue weighted by atomic mass is 16.6. The van der Waals surface area contributed by atoms with Crippen molar-refractivity contribution in [3.8, 4) is 23.7 Å². The maximum atomic E-state index is 11.9. The lowest BCUT2D eigenvalue weighted by atomic mass is 10.0. The number of aliphatic hydroxyl groups is 3. The van der Waals surface area contributed by atoms with E-state index in [1.165, 1.54) is 49.7 Å². The number of hydrogen-bond donors (Lipinski definition) is 5. The fraction of sp³-hybridized carbons (Fsp3) is 0.581. The Hall–Kier alpha value is -4.02. The van der Waals surface area contributed by atoms with Crippen molar-refractivity contribution in [1.82, 2.24) is 10.6 Å². The van der Waals surface area contributed by atoms with Gasteiger partial charge in [0, 0.05) is 11.1 Å². The van der Waals surface area contributed by atoms with E-state index in [0.717, 1.165) is 24.0 Å². The van der Waals surface area contributed by atoms with Crippen molar-refractivity contribution in [2.24, 2.45) is 0 Å². The van der Waals surface area contributed by atoms with Crippen LogP contribution in [-0.4, -0.2) is 69.6 Å². The lowest BCUT2D eigenvalue weighted by Gasteiger charge is -2.24. The van der Waals surface area contributed by atoms with Crippen molar-refractivity contribution in [1.29, 1.82) is 0 Å². The Morgan fingerprint density at radius 1 is 0.635 bits per heavy atom. The van der Waals surface area contributed by atoms with Crippen LogP contribution in [0.15, 0.2) is 48.5 Å². The van der Waals surface area contributed by atoms with Gasteiger partial charge in [0.25, 0.3) is 0 Å². The van der Waals surface area contributed by atoms with Crippen LogP contribution in [0.4, 0.5) is 9.59 Å². The fourth-order valence-corrected chi connectivity index (χ4v) is 4.73. The first-order chi connectivity index (χ1) is 24.5. The number of hydrogen-bond acceptors (Lipinski definition) is 7. The number of aliphatic hydroxyl groups excluding tert-OH is 3. The summed E-state index contributed by atoms with van der Waals surface area (Å²) < 4.78 is 10.3. The summed E-state index contributed by atoms with van der Waals surface area (Å²) in [6.07, 6.45) is 6.58. The number of amides is 2. The minimum atomic E-state index is -1.20. The number of aryl methyl sites for hydroxylation is 2. The first-order valence-corrected chi connectivity index (χ1v) is 18.7. The number of benzene rings is 2. The zero-order chi connectivity index (χ0) is 39.2. The van der Waals surface area contributed by atoms with Crippen LogP contribution in [-0.2, 0) is 22.3 Å². The van der Waals surface area contributed by atoms with Crippen molar-refractivity contribution in [2.75, 3.05) is 6.61 Å². The first kappa shape index (κ1) is 46.0. The van der Waals surface area contributed by atoms with Crippen LogP contribution in [0.1, 0.15) is 130 Å². The quantitative estimate of drug-likeness (QED) is 0.101. The molecule has 0 aliphatic heterocycles. The van der Waals surface area contributed by atoms with E-state index in [9.17, 15) is 24.9 Å². The largest absolute Gasteiger partial charge is 0.444 e. The molecule has 288 valence electrons. The summed E-state index contributed by atoms with van der Waals surface area (Å²) in [5, 5.41) is 34.9. The van der Waals surface area contributed by atoms with Crippen LogP contribution in [0.5, 0.6) is 0 Å². The standard InChI is InChI=1S/C22H33NO3.C21H31NO4/c1-6-8-9-10-17-11-13-18(14-12-17)15-16-20(24)19(7-2)23-21(25)26-22(3,4)5;1-5-6-7-8-16-9-11-17(12-10-16)13-14-19(24)18(15-23)22-20(25)26-21(2,3)4/h11-14,19-20,24H,6-10H2,1-5H3,(H,23,25);9-12,18-19,23-24H,5-8,15H2,1-4H3,(H,22,25)/t19-,20+;18-,19+/m11/s1. The van der Waals surface area contributed by atoms with Crippen LogP contribution in [0, 0.1) is 23.7 Å². The van der Waals surface area contributed by atoms with Gasteiger partial charge in [0.2, 0.25) is 0 Å². The Bertz CT molecular complexity index is 1320. The van der Waals surface area contributed by atoms with E-state index in [0.29, 0.717) is 6.42 Å². The molecule has 0 saturated carbocycles. The number of carbonyl (C=O) groups is 2. The van der Waals surface area contributed by atoms with E-state index in [4.69, 9.17) is 9.47 Å². The molecule has 0 aromatic heterocycles. The van der Waals surface area contributed by atoms with Crippen molar-refractivity contribution >= 4 is 12.2 Å². The summed E-state index contributed by atoms with van der Waals surface area (Å²) in [6.45, 7) is 16.4. The molecular formula is C43H64N2O7. The molecule has 0 heterocycles. The van der Waals surface area contributed by atoms with Gasteiger partial charge in [-0.1, -0.05) is 94.4 Å². The van der Waals surface area contributed by atoms with Gasteiger partial charge >= 0.3 is 12.2 Å². The van der Waals surface area contributed by atoms with Gasteiger partial charge in [-0.25, -0.2) is 9.59 Å². The molecule has 52 heavy (non-hydrogen) atoms. The zero-order valence-electron chi connectivity index (χ0n) is 33.0. The van der Waals surface area contributed by atoms with E-state index in [1.54, 1.807) is 41.5 Å². The molecule has 0 radical (unpaired) electrons. The molecule has 2 aromatic carbocycles. The van der Waals surface area contributed by atoms with Gasteiger partial charge in [-0.2, -0.15) is 0 Å². The number of carbonyl (C=O) groups excluding carboxylic acids is 2. The van der Waals surface area contributed by atoms with E-state index < -0.39 is 54.3 Å². The molecule has 0 aliphatic rings. The fourth-order valence-electron chi connectivity index (χ4n) is 4.73. The summed E-state index contributed by atoms with van der Waals surface area (Å²) in [6, 6.07) is 14.6. The average molecular weight is 721 g/mol. The normalized spacial score (nSPS) is 13.3. The molecule has 2 aromatic rings. The Labute approximate surface area is 313 Å². The molecule has 2 rings (SSSR count). The molecule has 0 aliphatic carbocycles. The minimum absolute atomic E-state index is 0.439. The third kappa shape index (κ3) is 21.4. The van der Waals surface area contributed by atoms with Crippen LogP contribution in [0.25, 0.3) is 0 Å². The zero-order valence-corrected chi connectivity index (χ0v) is 33.0. The van der Waals surface area contributed by atoms with Crippen LogP contribution in [0.3, 0.4) is 0 Å². The summed E-state index contributed by atoms with van der Waals surface area (Å²) in [7, 11) is 0. The second kappa shape index (κ2) is 24.3. The van der Waals surface area contributed by atoms with Gasteiger partial charge < -0.3 is 35.4 Å². The molecule has 9 heteroatoms. The lowest BCUT2D eigenvalue weighted by molar-refractivity contribution is 0.0412. The highest BCUT2D eigenvalue weighted by Crippen LogP contribution is 2.12. The Balaban J connectivity index is 0.000000520. The van der Waals surface area contributed by atoms with Crippen molar-refractivity contribution in [2.45, 2.75) is 156 Å². The number of rotatable bonds is 14. The topological polar surface area (TPSA) is 137 Å². The maximum absolute atomic E-state index is 11.9. The number of ether oxygens (including phenoxy) is 2. The molecule has 0 bridgehead atoms. The molecule has 2 amide bonds. The summed E-state index contributed by atoms with van der Waals surface area (Å²) in [5.74, 6) is 11.3. The van der Waals surface area contributed by atoms with E-state index in [2.05, 4.69) is 60.3 Å². The number of nitrogens with one attached hydrogen (secondary N) is 2. The predicted octanol–water partition coefficient (Wildman–Crippen LogP) is 7.45. The highest BCUT2D eigenvalue weighted by Gasteiger charge is 2.24. The lowest BCUT2D eigenvalue weighted by Crippen LogP contribution is -2.47. The monoisotopic (exact) mass is 720 g/mol. The maximum Gasteiger partial charge on any atom is 0.408 e. The minimum Gasteiger partial charge on any atom is -0.444 e. The van der Waals surface area contributed by atoms with E-state index in [1.807, 2.05) is 43.3 Å². The van der Waals surface area contributed by atoms with E-state index >= 15 is 0 Å². The number of unbranched alkanes of at least 4 members (excludes halogenated alkanes) is 4. The summed E-state index contributed by atoms with van der Waals surface area (Å²) in [4.78, 5) is 23.6. The van der Waals surface area contributed by atoms with E-state index in [-0.39, 0.29) is 0 Å². The van der Waals surface area contributed by atoms with Gasteiger partial charge in [0.05, 0.1) is 18.7 Å². The van der Waals surface area contributed by atoms with Crippen LogP contribution in [0.2, 0.25) is 0 Å². The van der Waals surface area contributed by atoms with Gasteiger partial charge in [-0.15, -0.1) is 0 Å². The smallest absolute Gasteiger partial charge is 0.408 e. The van der Waals surface area contributed by atoms with Gasteiger partial charge in [0.15, 0.2) is 0 Å². The van der Waals surface area contributed by atoms with Gasteiger partial charge in [-0.3, -0.25) is 0 Å². The molecule has 0 saturated heterocycles. The van der Waals surface area contributed by atoms with Crippen molar-refractivity contribution in [3.05, 3.63) is 70.8 Å². The van der Waals surface area contributed by atoms with Crippen LogP contribution < -0.4 is 10.6 Å². The van der Waals surface area contributed by atoms with Gasteiger partial charge in [0.1, 0.15) is 23.4 Å². The molecular weight excluding hydrogens is 656 g/mol. The molecule has 4 atom stereocenters. The van der Waals surface area contributed by atoms with Crippen molar-refractivity contribution < 1.29 is 34.4 Å². The Morgan fingerprint density at radius 2 is 1.00 bits per heavy atom. The van der Waals surface area contributed by atoms with Crippen molar-refractivity contribution in [3.63, 3.8) is 0 Å². The molecule has 0 spiro atoms. The Morgan fingerprint density at radius 3 is 1.33 bits per heavy atom. The third-order valence-electron chi connectivity index (χ3n) is 7.58. The Kier molecular flexibility index (Phi) is 21.5. The summed E-state index contributed by atoms with van der Waals surface area (Å²) >= 11 is 0. The summed E-state index contributed by atoms with van der Waals surface area (Å²) in [5.41, 5.74) is 2.98. The second-order valence-electron chi connectivity index (χ2n) is 14.8. The first-order valence-electron chi connectivity index (χ1n) is 18.7. The van der Waals surface area contributed by atoms with Crippen LogP contribution >= 0.6 is 0 Å². The molecule has 9 nitrogen and oxygen atoms in total. The van der Waals surface area contributed by atoms with Gasteiger partial charge in [-0.05, 0) is 109 Å². The SMILES string of the molecule is CCCCCc1ccc(C#C[C@H](O)[C@@H](CC)NC(=O)OC(C)(C)C)cc1.CCCCCc1ccc(C#C[C@H](O)[C@@H](CO)NC(=O)OC(C)(C)C)cc1. The average Bonchev–Trinajstić information content (AvgIpc) is 3.07. The molecule has 5 N–H and O–H groups in total. The number of alkyl carbamates (subject to hydrolysis) is 2. The molecule has 0 fully saturated rings. The second-order valence-corrected chi connectivity index (χ2v) is 14.8. The predicted molar refractivity (Wildman–Crippen MR) is 209 cm³/mol.